The first-order valence-corrected chi connectivity index (χ1v) is 7.60. The van der Waals surface area contributed by atoms with Crippen LogP contribution in [0.1, 0.15) is 46.0 Å². The minimum atomic E-state index is -0.232. The number of thiophene rings is 1. The zero-order valence-corrected chi connectivity index (χ0v) is 13.7. The van der Waals surface area contributed by atoms with Gasteiger partial charge in [-0.1, -0.05) is 0 Å². The fourth-order valence-electron chi connectivity index (χ4n) is 2.27. The van der Waals surface area contributed by atoms with E-state index in [1.54, 1.807) is 11.3 Å². The molecule has 0 saturated heterocycles. The monoisotopic (exact) mass is 291 g/mol. The van der Waals surface area contributed by atoms with Crippen molar-refractivity contribution in [1.29, 1.82) is 0 Å². The van der Waals surface area contributed by atoms with Gasteiger partial charge in [0.15, 0.2) is 0 Å². The van der Waals surface area contributed by atoms with Gasteiger partial charge in [-0.05, 0) is 59.2 Å². The van der Waals surface area contributed by atoms with Gasteiger partial charge in [-0.15, -0.1) is 11.3 Å². The Morgan fingerprint density at radius 3 is 2.20 bits per heavy atom. The summed E-state index contributed by atoms with van der Waals surface area (Å²) >= 11 is 1.64. The van der Waals surface area contributed by atoms with Crippen molar-refractivity contribution in [2.24, 2.45) is 0 Å². The number of nitrogens with zero attached hydrogens (tertiary/aromatic N) is 1. The molecule has 0 radical (unpaired) electrons. The number of esters is 1. The molecule has 0 bridgehead atoms. The lowest BCUT2D eigenvalue weighted by Crippen LogP contribution is -2.14. The molecule has 0 amide bonds. The normalized spacial score (nSPS) is 11.2. The molecule has 0 spiro atoms. The summed E-state index contributed by atoms with van der Waals surface area (Å²) in [6.45, 7) is 11.9. The van der Waals surface area contributed by atoms with Crippen LogP contribution >= 0.6 is 11.3 Å². The Hall–Kier alpha value is -1.55. The fourth-order valence-corrected chi connectivity index (χ4v) is 3.53. The van der Waals surface area contributed by atoms with Crippen LogP contribution in [0.4, 0.5) is 0 Å². The van der Waals surface area contributed by atoms with Gasteiger partial charge in [0.2, 0.25) is 0 Å². The quantitative estimate of drug-likeness (QED) is 0.788. The van der Waals surface area contributed by atoms with E-state index < -0.39 is 0 Å². The van der Waals surface area contributed by atoms with E-state index in [1.165, 1.54) is 0 Å². The highest BCUT2D eigenvalue weighted by Crippen LogP contribution is 2.33. The predicted octanol–water partition coefficient (Wildman–Crippen LogP) is 4.34. The Bertz CT molecular complexity index is 630. The molecule has 0 fully saturated rings. The lowest BCUT2D eigenvalue weighted by molar-refractivity contribution is 0.0378. The molecule has 0 atom stereocenters. The summed E-state index contributed by atoms with van der Waals surface area (Å²) < 4.78 is 7.53. The summed E-state index contributed by atoms with van der Waals surface area (Å²) in [6, 6.07) is 4.13. The average Bonchev–Trinajstić information content (AvgIpc) is 2.80. The molecule has 0 saturated carbocycles. The number of aromatic nitrogens is 1. The van der Waals surface area contributed by atoms with Crippen LogP contribution in [0.15, 0.2) is 12.1 Å². The molecule has 4 heteroatoms. The second-order valence-corrected chi connectivity index (χ2v) is 6.57. The molecule has 0 aliphatic rings. The van der Waals surface area contributed by atoms with E-state index in [2.05, 4.69) is 30.5 Å². The summed E-state index contributed by atoms with van der Waals surface area (Å²) in [6.07, 6.45) is -0.109. The smallest absolute Gasteiger partial charge is 0.341 e. The van der Waals surface area contributed by atoms with Gasteiger partial charge in [0.05, 0.1) is 11.7 Å². The number of carbonyl (C=O) groups is 1. The molecule has 2 rings (SSSR count). The Labute approximate surface area is 124 Å². The topological polar surface area (TPSA) is 31.2 Å². The molecule has 3 nitrogen and oxygen atoms in total. The standard InChI is InChI=1S/C16H21NO2S/c1-9(2)19-16(18)14-12(5)13(6)20-15(14)17-10(3)7-8-11(17)4/h7-9H,1-6H3. The highest BCUT2D eigenvalue weighted by Gasteiger charge is 2.24. The third kappa shape index (κ3) is 2.52. The van der Waals surface area contributed by atoms with E-state index in [9.17, 15) is 4.79 Å². The third-order valence-corrected chi connectivity index (χ3v) is 4.58. The van der Waals surface area contributed by atoms with Crippen molar-refractivity contribution in [3.05, 3.63) is 39.5 Å². The Kier molecular flexibility index (Phi) is 4.04. The number of rotatable bonds is 3. The molecule has 20 heavy (non-hydrogen) atoms. The molecule has 0 N–H and O–H groups in total. The first kappa shape index (κ1) is 14.9. The Morgan fingerprint density at radius 2 is 1.70 bits per heavy atom. The van der Waals surface area contributed by atoms with Crippen molar-refractivity contribution in [2.75, 3.05) is 0 Å². The van der Waals surface area contributed by atoms with Crippen molar-refractivity contribution < 1.29 is 9.53 Å². The van der Waals surface area contributed by atoms with E-state index in [-0.39, 0.29) is 12.1 Å². The minimum absolute atomic E-state index is 0.109. The molecule has 2 heterocycles. The summed E-state index contributed by atoms with van der Waals surface area (Å²) in [4.78, 5) is 13.6. The van der Waals surface area contributed by atoms with E-state index in [4.69, 9.17) is 4.74 Å². The molecule has 108 valence electrons. The minimum Gasteiger partial charge on any atom is -0.459 e. The van der Waals surface area contributed by atoms with E-state index in [0.29, 0.717) is 5.56 Å². The fraction of sp³-hybridized carbons (Fsp3) is 0.438. The molecule has 0 aliphatic heterocycles. The number of hydrogen-bond acceptors (Lipinski definition) is 3. The van der Waals surface area contributed by atoms with Crippen molar-refractivity contribution in [3.63, 3.8) is 0 Å². The molecular weight excluding hydrogens is 270 g/mol. The van der Waals surface area contributed by atoms with Gasteiger partial charge in [0.25, 0.3) is 0 Å². The van der Waals surface area contributed by atoms with Crippen LogP contribution in [0, 0.1) is 27.7 Å². The molecule has 0 aliphatic carbocycles. The summed E-state index contributed by atoms with van der Waals surface area (Å²) in [5.74, 6) is -0.232. The van der Waals surface area contributed by atoms with Crippen LogP contribution < -0.4 is 0 Å². The molecule has 0 aromatic carbocycles. The molecular formula is C16H21NO2S. The highest BCUT2D eigenvalue weighted by atomic mass is 32.1. The number of hydrogen-bond donors (Lipinski definition) is 0. The van der Waals surface area contributed by atoms with E-state index in [0.717, 1.165) is 26.8 Å². The first-order chi connectivity index (χ1) is 9.32. The molecule has 2 aromatic heterocycles. The second-order valence-electron chi connectivity index (χ2n) is 5.37. The average molecular weight is 291 g/mol. The van der Waals surface area contributed by atoms with Crippen LogP contribution in [-0.2, 0) is 4.74 Å². The molecule has 0 unspecified atom stereocenters. The van der Waals surface area contributed by atoms with Gasteiger partial charge in [-0.25, -0.2) is 4.79 Å². The van der Waals surface area contributed by atoms with Crippen LogP contribution in [-0.4, -0.2) is 16.6 Å². The molecule has 2 aromatic rings. The zero-order chi connectivity index (χ0) is 15.0. The zero-order valence-electron chi connectivity index (χ0n) is 12.9. The van der Waals surface area contributed by atoms with Gasteiger partial charge in [-0.2, -0.15) is 0 Å². The maximum Gasteiger partial charge on any atom is 0.341 e. The van der Waals surface area contributed by atoms with Gasteiger partial charge in [-0.3, -0.25) is 0 Å². The lowest BCUT2D eigenvalue weighted by atomic mass is 10.1. The SMILES string of the molecule is Cc1sc(-n2c(C)ccc2C)c(C(=O)OC(C)C)c1C. The lowest BCUT2D eigenvalue weighted by Gasteiger charge is -2.12. The van der Waals surface area contributed by atoms with Crippen molar-refractivity contribution in [1.82, 2.24) is 4.57 Å². The van der Waals surface area contributed by atoms with Gasteiger partial charge < -0.3 is 9.30 Å². The van der Waals surface area contributed by atoms with Crippen molar-refractivity contribution in [2.45, 2.75) is 47.6 Å². The summed E-state index contributed by atoms with van der Waals surface area (Å²) in [7, 11) is 0. The van der Waals surface area contributed by atoms with E-state index >= 15 is 0 Å². The Morgan fingerprint density at radius 1 is 1.15 bits per heavy atom. The second kappa shape index (κ2) is 5.44. The third-order valence-electron chi connectivity index (χ3n) is 3.39. The largest absolute Gasteiger partial charge is 0.459 e. The predicted molar refractivity (Wildman–Crippen MR) is 83.1 cm³/mol. The van der Waals surface area contributed by atoms with Crippen LogP contribution in [0.3, 0.4) is 0 Å². The number of carbonyl (C=O) groups excluding carboxylic acids is 1. The van der Waals surface area contributed by atoms with Gasteiger partial charge >= 0.3 is 5.97 Å². The summed E-state index contributed by atoms with van der Waals surface area (Å²) in [5, 5.41) is 0.964. The van der Waals surface area contributed by atoms with Crippen LogP contribution in [0.5, 0.6) is 0 Å². The number of aryl methyl sites for hydroxylation is 3. The van der Waals surface area contributed by atoms with Gasteiger partial charge in [0, 0.05) is 16.3 Å². The number of ether oxygens (including phenoxy) is 1. The van der Waals surface area contributed by atoms with Gasteiger partial charge in [0.1, 0.15) is 5.00 Å². The van der Waals surface area contributed by atoms with E-state index in [1.807, 2.05) is 27.7 Å². The maximum atomic E-state index is 12.4. The Balaban J connectivity index is 2.61. The highest BCUT2D eigenvalue weighted by molar-refractivity contribution is 7.15. The first-order valence-electron chi connectivity index (χ1n) is 6.79. The summed E-state index contributed by atoms with van der Waals surface area (Å²) in [5.41, 5.74) is 3.97. The van der Waals surface area contributed by atoms with Crippen molar-refractivity contribution in [3.8, 4) is 5.00 Å². The van der Waals surface area contributed by atoms with Crippen LogP contribution in [0.25, 0.3) is 5.00 Å². The van der Waals surface area contributed by atoms with Crippen LogP contribution in [0.2, 0.25) is 0 Å². The maximum absolute atomic E-state index is 12.4. The van der Waals surface area contributed by atoms with Crippen molar-refractivity contribution >= 4 is 17.3 Å².